The van der Waals surface area contributed by atoms with Crippen LogP contribution in [-0.2, 0) is 4.79 Å². The Morgan fingerprint density at radius 1 is 1.25 bits per heavy atom. The van der Waals surface area contributed by atoms with Gasteiger partial charge in [-0.15, -0.1) is 0 Å². The molecule has 0 radical (unpaired) electrons. The average molecular weight is 280 g/mol. The molecule has 20 heavy (non-hydrogen) atoms. The quantitative estimate of drug-likeness (QED) is 0.786. The van der Waals surface area contributed by atoms with E-state index >= 15 is 0 Å². The normalized spacial score (nSPS) is 31.2. The van der Waals surface area contributed by atoms with E-state index in [0.29, 0.717) is 25.7 Å². The first-order valence-electron chi connectivity index (χ1n) is 7.74. The molecule has 2 aliphatic carbocycles. The Hall–Kier alpha value is -0.910. The molecule has 1 heterocycles. The van der Waals surface area contributed by atoms with E-state index in [1.54, 1.807) is 0 Å². The average Bonchev–Trinajstić information content (AvgIpc) is 3.19. The van der Waals surface area contributed by atoms with Gasteiger partial charge < -0.3 is 15.1 Å². The molecule has 2 unspecified atom stereocenters. The standard InChI is InChI=1S/C15H24N2O3/c18-13-8-16(9-14(13)19)10-15(20)17(12-6-7-12)11-4-2-1-3-5-11/h4,12-14,18-19H,1-3,5-10H2. The zero-order valence-electron chi connectivity index (χ0n) is 11.9. The van der Waals surface area contributed by atoms with Gasteiger partial charge in [0.2, 0.25) is 5.91 Å². The second-order valence-corrected chi connectivity index (χ2v) is 6.26. The van der Waals surface area contributed by atoms with Gasteiger partial charge in [0.15, 0.2) is 0 Å². The minimum Gasteiger partial charge on any atom is -0.389 e. The summed E-state index contributed by atoms with van der Waals surface area (Å²) in [4.78, 5) is 16.4. The number of hydrogen-bond acceptors (Lipinski definition) is 4. The van der Waals surface area contributed by atoms with Gasteiger partial charge in [-0.2, -0.15) is 0 Å². The number of carbonyl (C=O) groups excluding carboxylic acids is 1. The molecule has 2 atom stereocenters. The van der Waals surface area contributed by atoms with E-state index in [0.717, 1.165) is 25.7 Å². The van der Waals surface area contributed by atoms with Crippen molar-refractivity contribution in [3.63, 3.8) is 0 Å². The Bertz CT molecular complexity index is 396. The maximum atomic E-state index is 12.6. The third kappa shape index (κ3) is 3.05. The van der Waals surface area contributed by atoms with Crippen LogP contribution >= 0.6 is 0 Å². The van der Waals surface area contributed by atoms with Crippen LogP contribution in [0.15, 0.2) is 11.8 Å². The lowest BCUT2D eigenvalue weighted by atomic mass is 10.0. The number of aliphatic hydroxyl groups excluding tert-OH is 2. The molecule has 0 bridgehead atoms. The molecule has 1 saturated heterocycles. The largest absolute Gasteiger partial charge is 0.389 e. The first-order valence-corrected chi connectivity index (χ1v) is 7.74. The first-order chi connectivity index (χ1) is 9.65. The minimum absolute atomic E-state index is 0.127. The van der Waals surface area contributed by atoms with Crippen molar-refractivity contribution < 1.29 is 15.0 Å². The van der Waals surface area contributed by atoms with Crippen molar-refractivity contribution in [3.8, 4) is 0 Å². The van der Waals surface area contributed by atoms with Gasteiger partial charge >= 0.3 is 0 Å². The van der Waals surface area contributed by atoms with E-state index in [-0.39, 0.29) is 5.91 Å². The molecular weight excluding hydrogens is 256 g/mol. The van der Waals surface area contributed by atoms with Crippen molar-refractivity contribution in [2.24, 2.45) is 0 Å². The van der Waals surface area contributed by atoms with Gasteiger partial charge in [0.1, 0.15) is 0 Å². The highest BCUT2D eigenvalue weighted by atomic mass is 16.3. The monoisotopic (exact) mass is 280 g/mol. The van der Waals surface area contributed by atoms with Crippen LogP contribution in [0.25, 0.3) is 0 Å². The minimum atomic E-state index is -0.717. The molecule has 1 saturated carbocycles. The summed E-state index contributed by atoms with van der Waals surface area (Å²) < 4.78 is 0. The zero-order chi connectivity index (χ0) is 14.1. The summed E-state index contributed by atoms with van der Waals surface area (Å²) in [6.07, 6.45) is 7.47. The van der Waals surface area contributed by atoms with Gasteiger partial charge in [0, 0.05) is 24.8 Å². The number of β-amino-alcohol motifs (C(OH)–C–C–N with tert-alkyl or cyclic N) is 2. The highest BCUT2D eigenvalue weighted by Gasteiger charge is 2.37. The molecule has 3 aliphatic rings. The molecule has 1 aliphatic heterocycles. The topological polar surface area (TPSA) is 64.0 Å². The van der Waals surface area contributed by atoms with Crippen LogP contribution in [-0.4, -0.2) is 63.8 Å². The van der Waals surface area contributed by atoms with Crippen LogP contribution in [0.5, 0.6) is 0 Å². The molecule has 0 aromatic carbocycles. The number of hydrogen-bond donors (Lipinski definition) is 2. The van der Waals surface area contributed by atoms with E-state index in [4.69, 9.17) is 0 Å². The third-order valence-electron chi connectivity index (χ3n) is 4.45. The van der Waals surface area contributed by atoms with E-state index in [1.165, 1.54) is 18.5 Å². The fourth-order valence-corrected chi connectivity index (χ4v) is 3.21. The van der Waals surface area contributed by atoms with Crippen LogP contribution in [0, 0.1) is 0 Å². The van der Waals surface area contributed by atoms with Crippen molar-refractivity contribution in [1.29, 1.82) is 0 Å². The third-order valence-corrected chi connectivity index (χ3v) is 4.45. The number of carbonyl (C=O) groups is 1. The predicted molar refractivity (Wildman–Crippen MR) is 74.9 cm³/mol. The van der Waals surface area contributed by atoms with Crippen LogP contribution in [0.4, 0.5) is 0 Å². The molecular formula is C15H24N2O3. The van der Waals surface area contributed by atoms with Crippen molar-refractivity contribution in [3.05, 3.63) is 11.8 Å². The number of amides is 1. The molecule has 5 heteroatoms. The summed E-state index contributed by atoms with van der Waals surface area (Å²) in [5, 5.41) is 19.1. The summed E-state index contributed by atoms with van der Waals surface area (Å²) in [5.41, 5.74) is 1.20. The number of allylic oxidation sites excluding steroid dienone is 2. The van der Waals surface area contributed by atoms with Gasteiger partial charge in [0.25, 0.3) is 0 Å². The Morgan fingerprint density at radius 3 is 2.50 bits per heavy atom. The summed E-state index contributed by atoms with van der Waals surface area (Å²) >= 11 is 0. The molecule has 112 valence electrons. The van der Waals surface area contributed by atoms with E-state index in [2.05, 4.69) is 6.08 Å². The molecule has 5 nitrogen and oxygen atoms in total. The van der Waals surface area contributed by atoms with Crippen LogP contribution < -0.4 is 0 Å². The lowest BCUT2D eigenvalue weighted by Gasteiger charge is -2.29. The maximum absolute atomic E-state index is 12.6. The predicted octanol–water partition coefficient (Wildman–Crippen LogP) is 0.473. The molecule has 2 N–H and O–H groups in total. The van der Waals surface area contributed by atoms with Crippen molar-refractivity contribution in [1.82, 2.24) is 9.80 Å². The fourth-order valence-electron chi connectivity index (χ4n) is 3.21. The summed E-state index contributed by atoms with van der Waals surface area (Å²) in [7, 11) is 0. The maximum Gasteiger partial charge on any atom is 0.241 e. The zero-order valence-corrected chi connectivity index (χ0v) is 11.9. The Morgan fingerprint density at radius 2 is 1.95 bits per heavy atom. The Kier molecular flexibility index (Phi) is 4.10. The van der Waals surface area contributed by atoms with Crippen molar-refractivity contribution in [2.75, 3.05) is 19.6 Å². The van der Waals surface area contributed by atoms with Crippen LogP contribution in [0.2, 0.25) is 0 Å². The van der Waals surface area contributed by atoms with E-state index in [1.807, 2.05) is 9.80 Å². The lowest BCUT2D eigenvalue weighted by molar-refractivity contribution is -0.131. The lowest BCUT2D eigenvalue weighted by Crippen LogP contribution is -2.41. The summed E-state index contributed by atoms with van der Waals surface area (Å²) in [6, 6.07) is 0.393. The van der Waals surface area contributed by atoms with Crippen molar-refractivity contribution >= 4 is 5.91 Å². The van der Waals surface area contributed by atoms with Gasteiger partial charge in [-0.05, 0) is 38.5 Å². The number of nitrogens with zero attached hydrogens (tertiary/aromatic N) is 2. The number of rotatable bonds is 4. The highest BCUT2D eigenvalue weighted by Crippen LogP contribution is 2.33. The molecule has 0 spiro atoms. The second-order valence-electron chi connectivity index (χ2n) is 6.26. The van der Waals surface area contributed by atoms with Crippen LogP contribution in [0.3, 0.4) is 0 Å². The highest BCUT2D eigenvalue weighted by molar-refractivity contribution is 5.81. The van der Waals surface area contributed by atoms with Gasteiger partial charge in [0.05, 0.1) is 18.8 Å². The first kappa shape index (κ1) is 14.0. The van der Waals surface area contributed by atoms with Gasteiger partial charge in [-0.1, -0.05) is 6.08 Å². The second kappa shape index (κ2) is 5.84. The summed E-state index contributed by atoms with van der Waals surface area (Å²) in [5.74, 6) is 0.127. The van der Waals surface area contributed by atoms with E-state index in [9.17, 15) is 15.0 Å². The molecule has 3 rings (SSSR count). The Labute approximate surface area is 119 Å². The fraction of sp³-hybridized carbons (Fsp3) is 0.800. The molecule has 1 amide bonds. The smallest absolute Gasteiger partial charge is 0.241 e. The van der Waals surface area contributed by atoms with Crippen molar-refractivity contribution in [2.45, 2.75) is 56.8 Å². The SMILES string of the molecule is O=C(CN1CC(O)C(O)C1)N(C1=CCCCC1)C1CC1. The Balaban J connectivity index is 1.63. The van der Waals surface area contributed by atoms with Gasteiger partial charge in [-0.25, -0.2) is 0 Å². The molecule has 0 aromatic rings. The molecule has 2 fully saturated rings. The van der Waals surface area contributed by atoms with Crippen LogP contribution in [0.1, 0.15) is 38.5 Å². The molecule has 0 aromatic heterocycles. The van der Waals surface area contributed by atoms with E-state index < -0.39 is 12.2 Å². The number of likely N-dealkylation sites (tertiary alicyclic amines) is 1. The van der Waals surface area contributed by atoms with Gasteiger partial charge in [-0.3, -0.25) is 9.69 Å². The number of aliphatic hydroxyl groups is 2. The summed E-state index contributed by atoms with van der Waals surface area (Å²) in [6.45, 7) is 1.09.